The molecule has 1 aromatic heterocycles. The van der Waals surface area contributed by atoms with E-state index < -0.39 is 11.9 Å². The summed E-state index contributed by atoms with van der Waals surface area (Å²) in [5, 5.41) is 8.93. The topological polar surface area (TPSA) is 74.0 Å². The van der Waals surface area contributed by atoms with Gasteiger partial charge < -0.3 is 19.3 Å². The number of carboxylic acids is 1. The summed E-state index contributed by atoms with van der Waals surface area (Å²) in [5.74, 6) is -0.471. The Kier molecular flexibility index (Phi) is 3.78. The van der Waals surface area contributed by atoms with Crippen LogP contribution >= 0.6 is 0 Å². The summed E-state index contributed by atoms with van der Waals surface area (Å²) in [6.07, 6.45) is 2.12. The predicted molar refractivity (Wildman–Crippen MR) is 67.6 cm³/mol. The molecule has 2 amide bonds. The molecule has 104 valence electrons. The number of carboxylic acid groups (broad SMARTS) is 1. The molecule has 1 unspecified atom stereocenters. The van der Waals surface area contributed by atoms with Gasteiger partial charge in [-0.3, -0.25) is 4.79 Å². The molecular weight excluding hydrogens is 248 g/mol. The van der Waals surface area contributed by atoms with Gasteiger partial charge in [0.05, 0.1) is 18.7 Å². The molecule has 1 saturated heterocycles. The van der Waals surface area contributed by atoms with Crippen molar-refractivity contribution in [3.8, 4) is 0 Å². The monoisotopic (exact) mass is 266 g/mol. The lowest BCUT2D eigenvalue weighted by molar-refractivity contribution is -0.141. The average Bonchev–Trinajstić information content (AvgIpc) is 2.98. The number of urea groups is 1. The zero-order valence-electron chi connectivity index (χ0n) is 11.1. The number of nitrogens with zero attached hydrogens (tertiary/aromatic N) is 2. The second-order valence-electron chi connectivity index (χ2n) is 4.91. The summed E-state index contributed by atoms with van der Waals surface area (Å²) in [6, 6.07) is 1.70. The molecule has 0 aromatic carbocycles. The average molecular weight is 266 g/mol. The van der Waals surface area contributed by atoms with Crippen LogP contribution in [0.3, 0.4) is 0 Å². The summed E-state index contributed by atoms with van der Waals surface area (Å²) in [6.45, 7) is 3.12. The summed E-state index contributed by atoms with van der Waals surface area (Å²) in [4.78, 5) is 26.2. The van der Waals surface area contributed by atoms with Crippen LogP contribution in [-0.4, -0.2) is 47.0 Å². The van der Waals surface area contributed by atoms with Crippen molar-refractivity contribution >= 4 is 12.0 Å². The standard InChI is InChI=1S/C13H18N2O4/c1-9-10(4-6-19-9)7-14(2)13(18)15-5-3-11(8-15)12(16)17/h4,6,11H,3,5,7-8H2,1-2H3,(H,16,17). The van der Waals surface area contributed by atoms with Gasteiger partial charge in [0.15, 0.2) is 0 Å². The number of amides is 2. The van der Waals surface area contributed by atoms with E-state index in [2.05, 4.69) is 0 Å². The lowest BCUT2D eigenvalue weighted by atomic mass is 10.1. The van der Waals surface area contributed by atoms with Gasteiger partial charge in [0.1, 0.15) is 5.76 Å². The fraction of sp³-hybridized carbons (Fsp3) is 0.538. The van der Waals surface area contributed by atoms with Crippen molar-refractivity contribution in [3.05, 3.63) is 23.7 Å². The number of hydrogen-bond donors (Lipinski definition) is 1. The van der Waals surface area contributed by atoms with E-state index in [1.165, 1.54) is 0 Å². The minimum Gasteiger partial charge on any atom is -0.481 e. The van der Waals surface area contributed by atoms with E-state index in [0.29, 0.717) is 26.1 Å². The van der Waals surface area contributed by atoms with Crippen LogP contribution in [0.1, 0.15) is 17.7 Å². The number of likely N-dealkylation sites (tertiary alicyclic amines) is 1. The molecule has 0 saturated carbocycles. The number of aryl methyl sites for hydroxylation is 1. The quantitative estimate of drug-likeness (QED) is 0.900. The van der Waals surface area contributed by atoms with Gasteiger partial charge in [0.25, 0.3) is 0 Å². The smallest absolute Gasteiger partial charge is 0.320 e. The van der Waals surface area contributed by atoms with Gasteiger partial charge in [-0.2, -0.15) is 0 Å². The van der Waals surface area contributed by atoms with Crippen molar-refractivity contribution in [3.63, 3.8) is 0 Å². The molecule has 0 spiro atoms. The van der Waals surface area contributed by atoms with Crippen molar-refractivity contribution < 1.29 is 19.1 Å². The van der Waals surface area contributed by atoms with Crippen molar-refractivity contribution in [2.45, 2.75) is 19.9 Å². The second-order valence-corrected chi connectivity index (χ2v) is 4.91. The minimum absolute atomic E-state index is 0.135. The molecule has 1 aliphatic rings. The third kappa shape index (κ3) is 2.89. The molecule has 0 aliphatic carbocycles. The van der Waals surface area contributed by atoms with Gasteiger partial charge in [-0.25, -0.2) is 4.79 Å². The molecule has 6 heteroatoms. The van der Waals surface area contributed by atoms with Gasteiger partial charge >= 0.3 is 12.0 Å². The molecule has 1 atom stereocenters. The summed E-state index contributed by atoms with van der Waals surface area (Å²) < 4.78 is 5.19. The number of rotatable bonds is 3. The first-order valence-corrected chi connectivity index (χ1v) is 6.25. The molecule has 1 aliphatic heterocycles. The van der Waals surface area contributed by atoms with E-state index in [1.807, 2.05) is 13.0 Å². The van der Waals surface area contributed by atoms with E-state index in [1.54, 1.807) is 23.1 Å². The van der Waals surface area contributed by atoms with Crippen LogP contribution in [0, 0.1) is 12.8 Å². The minimum atomic E-state index is -0.830. The van der Waals surface area contributed by atoms with Crippen molar-refractivity contribution in [2.24, 2.45) is 5.92 Å². The van der Waals surface area contributed by atoms with E-state index in [4.69, 9.17) is 9.52 Å². The van der Waals surface area contributed by atoms with Crippen LogP contribution in [0.5, 0.6) is 0 Å². The maximum absolute atomic E-state index is 12.2. The lowest BCUT2D eigenvalue weighted by Gasteiger charge is -2.24. The molecule has 1 aromatic rings. The Morgan fingerprint density at radius 3 is 2.84 bits per heavy atom. The third-order valence-corrected chi connectivity index (χ3v) is 3.51. The highest BCUT2D eigenvalue weighted by molar-refractivity contribution is 5.77. The first-order chi connectivity index (χ1) is 8.99. The van der Waals surface area contributed by atoms with Gasteiger partial charge in [0.2, 0.25) is 0 Å². The van der Waals surface area contributed by atoms with Gasteiger partial charge in [-0.05, 0) is 19.4 Å². The Morgan fingerprint density at radius 1 is 1.58 bits per heavy atom. The number of hydrogen-bond acceptors (Lipinski definition) is 3. The highest BCUT2D eigenvalue weighted by Gasteiger charge is 2.32. The zero-order chi connectivity index (χ0) is 14.0. The number of carbonyl (C=O) groups is 2. The molecule has 0 bridgehead atoms. The third-order valence-electron chi connectivity index (χ3n) is 3.51. The lowest BCUT2D eigenvalue weighted by Crippen LogP contribution is -2.39. The highest BCUT2D eigenvalue weighted by Crippen LogP contribution is 2.19. The number of carbonyl (C=O) groups excluding carboxylic acids is 1. The Bertz CT molecular complexity index is 483. The van der Waals surface area contributed by atoms with E-state index in [0.717, 1.165) is 11.3 Å². The molecule has 2 heterocycles. The summed E-state index contributed by atoms with van der Waals surface area (Å²) >= 11 is 0. The molecule has 19 heavy (non-hydrogen) atoms. The normalized spacial score (nSPS) is 18.6. The largest absolute Gasteiger partial charge is 0.481 e. The fourth-order valence-electron chi connectivity index (χ4n) is 2.28. The molecule has 6 nitrogen and oxygen atoms in total. The van der Waals surface area contributed by atoms with Gasteiger partial charge in [0, 0.05) is 25.7 Å². The molecule has 0 radical (unpaired) electrons. The Balaban J connectivity index is 1.93. The van der Waals surface area contributed by atoms with Crippen molar-refractivity contribution in [2.75, 3.05) is 20.1 Å². The van der Waals surface area contributed by atoms with Gasteiger partial charge in [-0.1, -0.05) is 0 Å². The van der Waals surface area contributed by atoms with E-state index in [9.17, 15) is 9.59 Å². The molecule has 1 fully saturated rings. The fourth-order valence-corrected chi connectivity index (χ4v) is 2.28. The molecular formula is C13H18N2O4. The van der Waals surface area contributed by atoms with Crippen LogP contribution in [0.25, 0.3) is 0 Å². The van der Waals surface area contributed by atoms with Crippen molar-refractivity contribution in [1.29, 1.82) is 0 Å². The van der Waals surface area contributed by atoms with Crippen LogP contribution in [0.2, 0.25) is 0 Å². The number of furan rings is 1. The molecule has 2 rings (SSSR count). The number of aliphatic carboxylic acids is 1. The van der Waals surface area contributed by atoms with E-state index in [-0.39, 0.29) is 6.03 Å². The summed E-state index contributed by atoms with van der Waals surface area (Å²) in [5.41, 5.74) is 0.963. The maximum Gasteiger partial charge on any atom is 0.320 e. The van der Waals surface area contributed by atoms with Gasteiger partial charge in [-0.15, -0.1) is 0 Å². The first-order valence-electron chi connectivity index (χ1n) is 6.25. The maximum atomic E-state index is 12.2. The molecule has 1 N–H and O–H groups in total. The first kappa shape index (κ1) is 13.5. The van der Waals surface area contributed by atoms with Crippen LogP contribution in [0.15, 0.2) is 16.7 Å². The van der Waals surface area contributed by atoms with Crippen LogP contribution in [-0.2, 0) is 11.3 Å². The predicted octanol–water partition coefficient (Wildman–Crippen LogP) is 1.55. The zero-order valence-corrected chi connectivity index (χ0v) is 11.1. The SMILES string of the molecule is Cc1occc1CN(C)C(=O)N1CCC(C(=O)O)C1. The Hall–Kier alpha value is -1.98. The second kappa shape index (κ2) is 5.34. The van der Waals surface area contributed by atoms with Crippen LogP contribution < -0.4 is 0 Å². The Morgan fingerprint density at radius 2 is 2.32 bits per heavy atom. The van der Waals surface area contributed by atoms with Crippen LogP contribution in [0.4, 0.5) is 4.79 Å². The van der Waals surface area contributed by atoms with E-state index >= 15 is 0 Å². The summed E-state index contributed by atoms with van der Waals surface area (Å²) in [7, 11) is 1.71. The highest BCUT2D eigenvalue weighted by atomic mass is 16.4. The van der Waals surface area contributed by atoms with Crippen molar-refractivity contribution in [1.82, 2.24) is 9.80 Å². The Labute approximate surface area is 111 Å².